The first-order valence-corrected chi connectivity index (χ1v) is 14.8. The summed E-state index contributed by atoms with van der Waals surface area (Å²) in [6.07, 6.45) is 13.2. The minimum Gasteiger partial charge on any atom is -0.140 e. The summed E-state index contributed by atoms with van der Waals surface area (Å²) in [6, 6.07) is 13.5. The molecule has 0 bridgehead atoms. The van der Waals surface area contributed by atoms with Gasteiger partial charge >= 0.3 is 0 Å². The number of allylic oxidation sites excluding steroid dienone is 1. The first-order valence-electron chi connectivity index (χ1n) is 11.6. The van der Waals surface area contributed by atoms with Crippen molar-refractivity contribution in [3.05, 3.63) is 81.7 Å². The van der Waals surface area contributed by atoms with E-state index in [-0.39, 0.29) is 0 Å². The van der Waals surface area contributed by atoms with Crippen molar-refractivity contribution >= 4 is 55.6 Å². The Morgan fingerprint density at radius 2 is 1.34 bits per heavy atom. The summed E-state index contributed by atoms with van der Waals surface area (Å²) in [4.78, 5) is 10.4. The maximum atomic E-state index is 4.35. The largest absolute Gasteiger partial charge is 0.140 e. The third-order valence-corrected chi connectivity index (χ3v) is 10.2. The van der Waals surface area contributed by atoms with Gasteiger partial charge in [0.2, 0.25) is 0 Å². The maximum Gasteiger partial charge on any atom is 0.0449 e. The highest BCUT2D eigenvalue weighted by molar-refractivity contribution is 8.16. The molecule has 0 unspecified atom stereocenters. The van der Waals surface area contributed by atoms with E-state index in [1.54, 1.807) is 11.8 Å². The lowest BCUT2D eigenvalue weighted by Crippen LogP contribution is -1.80. The van der Waals surface area contributed by atoms with Gasteiger partial charge in [-0.05, 0) is 74.9 Å². The molecule has 3 rings (SSSR count). The molecule has 32 heavy (non-hydrogen) atoms. The lowest BCUT2D eigenvalue weighted by molar-refractivity contribution is 0.670. The van der Waals surface area contributed by atoms with Crippen LogP contribution in [0.3, 0.4) is 0 Å². The van der Waals surface area contributed by atoms with E-state index in [0.717, 1.165) is 22.7 Å². The number of thiophene rings is 3. The van der Waals surface area contributed by atoms with Gasteiger partial charge in [-0.2, -0.15) is 0 Å². The van der Waals surface area contributed by atoms with Crippen LogP contribution in [0.5, 0.6) is 0 Å². The van der Waals surface area contributed by atoms with Crippen molar-refractivity contribution in [3.63, 3.8) is 0 Å². The molecular weight excluding hydrogens is 465 g/mol. The Labute approximate surface area is 210 Å². The van der Waals surface area contributed by atoms with Gasteiger partial charge in [0.25, 0.3) is 0 Å². The molecule has 0 saturated carbocycles. The van der Waals surface area contributed by atoms with Gasteiger partial charge in [-0.1, -0.05) is 57.2 Å². The van der Waals surface area contributed by atoms with Gasteiger partial charge in [-0.3, -0.25) is 0 Å². The minimum atomic E-state index is 1.09. The van der Waals surface area contributed by atoms with Gasteiger partial charge in [-0.15, -0.1) is 40.6 Å². The number of aryl methyl sites for hydroxylation is 2. The zero-order chi connectivity index (χ0) is 22.8. The van der Waals surface area contributed by atoms with Gasteiger partial charge in [0.15, 0.2) is 0 Å². The first-order chi connectivity index (χ1) is 15.6. The summed E-state index contributed by atoms with van der Waals surface area (Å²) in [5.74, 6) is 0. The van der Waals surface area contributed by atoms with Gasteiger partial charge in [-0.25, -0.2) is 0 Å². The van der Waals surface area contributed by atoms with E-state index in [9.17, 15) is 0 Å². The number of hydrogen-bond acceptors (Lipinski definition) is 4. The Hall–Kier alpha value is -1.33. The smallest absolute Gasteiger partial charge is 0.0449 e. The molecule has 0 aliphatic carbocycles. The van der Waals surface area contributed by atoms with E-state index in [4.69, 9.17) is 0 Å². The molecule has 0 saturated heterocycles. The van der Waals surface area contributed by atoms with E-state index in [1.807, 2.05) is 40.1 Å². The van der Waals surface area contributed by atoms with Crippen LogP contribution in [0.15, 0.2) is 62.2 Å². The number of rotatable bonds is 15. The highest BCUT2D eigenvalue weighted by Crippen LogP contribution is 2.43. The fraction of sp³-hybridized carbons (Fsp3) is 0.357. The van der Waals surface area contributed by atoms with Gasteiger partial charge in [0, 0.05) is 39.1 Å². The molecule has 0 aromatic carbocycles. The zero-order valence-corrected chi connectivity index (χ0v) is 22.4. The summed E-state index contributed by atoms with van der Waals surface area (Å²) in [7, 11) is 0. The summed E-state index contributed by atoms with van der Waals surface area (Å²) < 4.78 is 0. The van der Waals surface area contributed by atoms with Crippen molar-refractivity contribution in [2.45, 2.75) is 64.7 Å². The number of thioether (sulfide) groups is 1. The lowest BCUT2D eigenvalue weighted by atomic mass is 10.1. The fourth-order valence-corrected chi connectivity index (χ4v) is 7.55. The SMILES string of the molecule is C=CCCCCc1ccc(C(=C)SC(=C)c2ccc(-c3ccc(CCCCCC)s3)s2)s1. The van der Waals surface area contributed by atoms with Gasteiger partial charge in [0.1, 0.15) is 0 Å². The summed E-state index contributed by atoms with van der Waals surface area (Å²) in [6.45, 7) is 14.7. The van der Waals surface area contributed by atoms with Crippen LogP contribution >= 0.6 is 45.8 Å². The molecule has 0 amide bonds. The van der Waals surface area contributed by atoms with Crippen LogP contribution in [-0.4, -0.2) is 0 Å². The van der Waals surface area contributed by atoms with E-state index in [0.29, 0.717) is 0 Å². The molecular formula is C28H34S4. The second-order valence-corrected chi connectivity index (χ2v) is 12.6. The molecule has 3 aromatic rings. The predicted molar refractivity (Wildman–Crippen MR) is 153 cm³/mol. The second-order valence-electron chi connectivity index (χ2n) is 7.99. The van der Waals surface area contributed by atoms with Gasteiger partial charge in [0.05, 0.1) is 0 Å². The summed E-state index contributed by atoms with van der Waals surface area (Å²) in [5, 5.41) is 0. The normalized spacial score (nSPS) is 11.0. The minimum absolute atomic E-state index is 1.09. The average molecular weight is 499 g/mol. The molecule has 0 aliphatic heterocycles. The molecule has 0 N–H and O–H groups in total. The van der Waals surface area contributed by atoms with E-state index >= 15 is 0 Å². The Balaban J connectivity index is 1.52. The predicted octanol–water partition coefficient (Wildman–Crippen LogP) is 10.9. The standard InChI is InChI=1S/C28H34S4/c1-5-7-9-11-13-23-15-17-25(30-23)21(3)29-22(4)26-19-20-28(32-26)27-18-16-24(31-27)14-12-10-8-6-2/h5,15-20H,1,3-4,6-14H2,2H3. The van der Waals surface area contributed by atoms with Crippen molar-refractivity contribution < 1.29 is 0 Å². The van der Waals surface area contributed by atoms with Crippen molar-refractivity contribution in [3.8, 4) is 9.75 Å². The van der Waals surface area contributed by atoms with Crippen molar-refractivity contribution in [1.82, 2.24) is 0 Å². The Morgan fingerprint density at radius 1 is 0.750 bits per heavy atom. The molecule has 3 heterocycles. The van der Waals surface area contributed by atoms with Crippen molar-refractivity contribution in [2.75, 3.05) is 0 Å². The van der Waals surface area contributed by atoms with Crippen LogP contribution in [-0.2, 0) is 12.8 Å². The van der Waals surface area contributed by atoms with Crippen LogP contribution in [0.4, 0.5) is 0 Å². The molecule has 0 aliphatic rings. The van der Waals surface area contributed by atoms with Crippen LogP contribution < -0.4 is 0 Å². The lowest BCUT2D eigenvalue weighted by Gasteiger charge is -2.04. The average Bonchev–Trinajstić information content (AvgIpc) is 3.54. The third-order valence-electron chi connectivity index (χ3n) is 5.33. The number of unbranched alkanes of at least 4 members (excludes halogenated alkanes) is 5. The molecule has 170 valence electrons. The third kappa shape index (κ3) is 7.62. The van der Waals surface area contributed by atoms with Crippen LogP contribution in [0, 0.1) is 0 Å². The monoisotopic (exact) mass is 498 g/mol. The highest BCUT2D eigenvalue weighted by atomic mass is 32.2. The molecule has 0 atom stereocenters. The molecule has 3 aromatic heterocycles. The Bertz CT molecular complexity index is 1010. The van der Waals surface area contributed by atoms with E-state index < -0.39 is 0 Å². The highest BCUT2D eigenvalue weighted by Gasteiger charge is 2.12. The Morgan fingerprint density at radius 3 is 2.09 bits per heavy atom. The van der Waals surface area contributed by atoms with Crippen LogP contribution in [0.2, 0.25) is 0 Å². The quantitative estimate of drug-likeness (QED) is 0.148. The van der Waals surface area contributed by atoms with E-state index in [1.165, 1.54) is 74.2 Å². The van der Waals surface area contributed by atoms with Crippen molar-refractivity contribution in [2.24, 2.45) is 0 Å². The van der Waals surface area contributed by atoms with Gasteiger partial charge < -0.3 is 0 Å². The van der Waals surface area contributed by atoms with Crippen LogP contribution in [0.25, 0.3) is 19.6 Å². The zero-order valence-electron chi connectivity index (χ0n) is 19.2. The second kappa shape index (κ2) is 13.4. The molecule has 0 fully saturated rings. The van der Waals surface area contributed by atoms with Crippen molar-refractivity contribution in [1.29, 1.82) is 0 Å². The number of hydrogen-bond donors (Lipinski definition) is 0. The Kier molecular flexibility index (Phi) is 10.6. The topological polar surface area (TPSA) is 0 Å². The molecule has 4 heteroatoms. The summed E-state index contributed by atoms with van der Waals surface area (Å²) in [5.41, 5.74) is 0. The molecule has 0 spiro atoms. The molecule has 0 nitrogen and oxygen atoms in total. The summed E-state index contributed by atoms with van der Waals surface area (Å²) >= 11 is 7.36. The van der Waals surface area contributed by atoms with Crippen LogP contribution in [0.1, 0.15) is 71.4 Å². The van der Waals surface area contributed by atoms with E-state index in [2.05, 4.69) is 63.1 Å². The molecule has 0 radical (unpaired) electrons. The maximum absolute atomic E-state index is 4.35. The fourth-order valence-electron chi connectivity index (χ4n) is 3.49. The first kappa shape index (κ1) is 25.3.